The molecule has 0 aliphatic rings. The van der Waals surface area contributed by atoms with Crippen LogP contribution in [-0.4, -0.2) is 10.5 Å². The summed E-state index contributed by atoms with van der Waals surface area (Å²) >= 11 is 0. The van der Waals surface area contributed by atoms with Gasteiger partial charge in [0, 0.05) is 19.2 Å². The standard InChI is InChI=1S/C19H24N2O2/c1-3-4-10-16-12-13-17(19(23)21(16)2)20-18(22)14-11-15-8-6-5-7-9-15/h5-9,12-13H,3-4,10-11,14H2,1-2H3,(H,20,22). The smallest absolute Gasteiger partial charge is 0.274 e. The van der Waals surface area contributed by atoms with E-state index in [1.54, 1.807) is 17.7 Å². The molecule has 122 valence electrons. The summed E-state index contributed by atoms with van der Waals surface area (Å²) in [5, 5.41) is 2.73. The summed E-state index contributed by atoms with van der Waals surface area (Å²) in [6.07, 6.45) is 4.05. The van der Waals surface area contributed by atoms with Crippen LogP contribution in [0.2, 0.25) is 0 Å². The number of carbonyl (C=O) groups is 1. The fourth-order valence-electron chi connectivity index (χ4n) is 2.49. The highest BCUT2D eigenvalue weighted by Crippen LogP contribution is 2.08. The van der Waals surface area contributed by atoms with Gasteiger partial charge in [-0.2, -0.15) is 0 Å². The van der Waals surface area contributed by atoms with Gasteiger partial charge in [0.2, 0.25) is 5.91 Å². The van der Waals surface area contributed by atoms with Gasteiger partial charge in [0.05, 0.1) is 0 Å². The van der Waals surface area contributed by atoms with Gasteiger partial charge in [-0.1, -0.05) is 43.7 Å². The van der Waals surface area contributed by atoms with E-state index in [0.717, 1.165) is 30.5 Å². The molecule has 0 unspecified atom stereocenters. The van der Waals surface area contributed by atoms with E-state index < -0.39 is 0 Å². The Morgan fingerprint density at radius 3 is 2.52 bits per heavy atom. The topological polar surface area (TPSA) is 51.1 Å². The Balaban J connectivity index is 1.98. The van der Waals surface area contributed by atoms with Gasteiger partial charge in [0.25, 0.3) is 5.56 Å². The Morgan fingerprint density at radius 1 is 1.09 bits per heavy atom. The summed E-state index contributed by atoms with van der Waals surface area (Å²) in [7, 11) is 1.76. The molecule has 0 saturated carbocycles. The molecular formula is C19H24N2O2. The van der Waals surface area contributed by atoms with Crippen LogP contribution in [0.15, 0.2) is 47.3 Å². The number of nitrogens with zero attached hydrogens (tertiary/aromatic N) is 1. The van der Waals surface area contributed by atoms with Crippen molar-refractivity contribution < 1.29 is 4.79 Å². The molecule has 1 amide bonds. The molecule has 4 nitrogen and oxygen atoms in total. The third-order valence-corrected chi connectivity index (χ3v) is 3.95. The van der Waals surface area contributed by atoms with Crippen LogP contribution >= 0.6 is 0 Å². The van der Waals surface area contributed by atoms with E-state index in [4.69, 9.17) is 0 Å². The number of benzene rings is 1. The zero-order valence-electron chi connectivity index (χ0n) is 13.8. The summed E-state index contributed by atoms with van der Waals surface area (Å²) in [5.74, 6) is -0.132. The Kier molecular flexibility index (Phi) is 6.15. The van der Waals surface area contributed by atoms with E-state index in [2.05, 4.69) is 12.2 Å². The minimum atomic E-state index is -0.147. The molecule has 0 spiro atoms. The minimum absolute atomic E-state index is 0.132. The lowest BCUT2D eigenvalue weighted by Gasteiger charge is -2.11. The van der Waals surface area contributed by atoms with Crippen LogP contribution in [0.1, 0.15) is 37.4 Å². The number of hydrogen-bond acceptors (Lipinski definition) is 2. The second kappa shape index (κ2) is 8.32. The molecular weight excluding hydrogens is 288 g/mol. The Hall–Kier alpha value is -2.36. The van der Waals surface area contributed by atoms with Crippen LogP contribution in [0.3, 0.4) is 0 Å². The zero-order chi connectivity index (χ0) is 16.7. The molecule has 1 heterocycles. The highest BCUT2D eigenvalue weighted by atomic mass is 16.2. The maximum Gasteiger partial charge on any atom is 0.274 e. The quantitative estimate of drug-likeness (QED) is 0.853. The van der Waals surface area contributed by atoms with Gasteiger partial charge in [-0.15, -0.1) is 0 Å². The molecule has 0 radical (unpaired) electrons. The molecule has 4 heteroatoms. The van der Waals surface area contributed by atoms with Gasteiger partial charge < -0.3 is 9.88 Å². The summed E-state index contributed by atoms with van der Waals surface area (Å²) in [6.45, 7) is 2.12. The number of carbonyl (C=O) groups excluding carboxylic acids is 1. The Labute approximate surface area is 137 Å². The van der Waals surface area contributed by atoms with Gasteiger partial charge in [-0.05, 0) is 37.0 Å². The third kappa shape index (κ3) is 4.81. The van der Waals surface area contributed by atoms with Crippen molar-refractivity contribution in [1.82, 2.24) is 4.57 Å². The van der Waals surface area contributed by atoms with Crippen molar-refractivity contribution in [2.24, 2.45) is 7.05 Å². The number of pyridine rings is 1. The van der Waals surface area contributed by atoms with Crippen molar-refractivity contribution in [3.8, 4) is 0 Å². The second-order valence-electron chi connectivity index (χ2n) is 5.74. The fourth-order valence-corrected chi connectivity index (χ4v) is 2.49. The van der Waals surface area contributed by atoms with Crippen LogP contribution < -0.4 is 10.9 Å². The van der Waals surface area contributed by atoms with Gasteiger partial charge in [-0.25, -0.2) is 0 Å². The molecule has 2 rings (SSSR count). The first-order valence-corrected chi connectivity index (χ1v) is 8.14. The maximum absolute atomic E-state index is 12.3. The number of hydrogen-bond donors (Lipinski definition) is 1. The molecule has 0 saturated heterocycles. The van der Waals surface area contributed by atoms with Crippen molar-refractivity contribution in [2.75, 3.05) is 5.32 Å². The largest absolute Gasteiger partial charge is 0.321 e. The average molecular weight is 312 g/mol. The van der Waals surface area contributed by atoms with E-state index >= 15 is 0 Å². The predicted molar refractivity (Wildman–Crippen MR) is 93.7 cm³/mol. The van der Waals surface area contributed by atoms with Crippen molar-refractivity contribution in [2.45, 2.75) is 39.0 Å². The Morgan fingerprint density at radius 2 is 1.83 bits per heavy atom. The predicted octanol–water partition coefficient (Wildman–Crippen LogP) is 3.30. The number of aryl methyl sites for hydroxylation is 2. The Bertz CT molecular complexity index is 705. The summed E-state index contributed by atoms with van der Waals surface area (Å²) in [4.78, 5) is 24.4. The maximum atomic E-state index is 12.3. The van der Waals surface area contributed by atoms with Gasteiger partial charge in [0.15, 0.2) is 0 Å². The van der Waals surface area contributed by atoms with E-state index in [0.29, 0.717) is 18.5 Å². The lowest BCUT2D eigenvalue weighted by Crippen LogP contribution is -2.26. The lowest BCUT2D eigenvalue weighted by molar-refractivity contribution is -0.116. The number of rotatable bonds is 7. The second-order valence-corrected chi connectivity index (χ2v) is 5.74. The summed E-state index contributed by atoms with van der Waals surface area (Å²) in [6, 6.07) is 13.5. The van der Waals surface area contributed by atoms with Crippen LogP contribution in [0.25, 0.3) is 0 Å². The van der Waals surface area contributed by atoms with Crippen LogP contribution in [0, 0.1) is 0 Å². The van der Waals surface area contributed by atoms with Crippen LogP contribution in [0.5, 0.6) is 0 Å². The van der Waals surface area contributed by atoms with Crippen molar-refractivity contribution >= 4 is 11.6 Å². The zero-order valence-corrected chi connectivity index (χ0v) is 13.8. The normalized spacial score (nSPS) is 10.5. The molecule has 1 aromatic carbocycles. The first-order valence-electron chi connectivity index (χ1n) is 8.14. The van der Waals surface area contributed by atoms with Crippen LogP contribution in [0.4, 0.5) is 5.69 Å². The monoisotopic (exact) mass is 312 g/mol. The van der Waals surface area contributed by atoms with Crippen molar-refractivity contribution in [1.29, 1.82) is 0 Å². The molecule has 1 N–H and O–H groups in total. The number of amides is 1. The molecule has 0 fully saturated rings. The van der Waals surface area contributed by atoms with E-state index in [-0.39, 0.29) is 11.5 Å². The molecule has 2 aromatic rings. The summed E-state index contributed by atoms with van der Waals surface area (Å²) < 4.78 is 1.63. The minimum Gasteiger partial charge on any atom is -0.321 e. The third-order valence-electron chi connectivity index (χ3n) is 3.95. The van der Waals surface area contributed by atoms with Crippen molar-refractivity contribution in [3.63, 3.8) is 0 Å². The molecule has 0 bridgehead atoms. The molecule has 23 heavy (non-hydrogen) atoms. The van der Waals surface area contributed by atoms with E-state index in [9.17, 15) is 9.59 Å². The van der Waals surface area contributed by atoms with Crippen LogP contribution in [-0.2, 0) is 24.7 Å². The first-order chi connectivity index (χ1) is 11.1. The highest BCUT2D eigenvalue weighted by molar-refractivity contribution is 5.90. The van der Waals surface area contributed by atoms with Gasteiger partial charge >= 0.3 is 0 Å². The van der Waals surface area contributed by atoms with E-state index in [1.807, 2.05) is 36.4 Å². The lowest BCUT2D eigenvalue weighted by atomic mass is 10.1. The number of anilines is 1. The SMILES string of the molecule is CCCCc1ccc(NC(=O)CCc2ccccc2)c(=O)n1C. The number of nitrogens with one attached hydrogen (secondary N) is 1. The van der Waals surface area contributed by atoms with E-state index in [1.165, 1.54) is 0 Å². The number of aromatic nitrogens is 1. The highest BCUT2D eigenvalue weighted by Gasteiger charge is 2.09. The summed E-state index contributed by atoms with van der Waals surface area (Å²) in [5.41, 5.74) is 2.32. The molecule has 0 aliphatic carbocycles. The van der Waals surface area contributed by atoms with Crippen molar-refractivity contribution in [3.05, 3.63) is 64.1 Å². The molecule has 1 aromatic heterocycles. The van der Waals surface area contributed by atoms with Gasteiger partial charge in [0.1, 0.15) is 5.69 Å². The van der Waals surface area contributed by atoms with Gasteiger partial charge in [-0.3, -0.25) is 9.59 Å². The molecule has 0 aliphatic heterocycles. The average Bonchev–Trinajstić information content (AvgIpc) is 2.57. The first kappa shape index (κ1) is 17.0. The molecule has 0 atom stereocenters. The fraction of sp³-hybridized carbons (Fsp3) is 0.368. The number of unbranched alkanes of at least 4 members (excludes halogenated alkanes) is 1.